The van der Waals surface area contributed by atoms with Gasteiger partial charge in [-0.2, -0.15) is 0 Å². The Bertz CT molecular complexity index is 835. The van der Waals surface area contributed by atoms with Gasteiger partial charge in [0.1, 0.15) is 12.3 Å². The molecule has 0 radical (unpaired) electrons. The van der Waals surface area contributed by atoms with Gasteiger partial charge in [0.15, 0.2) is 0 Å². The minimum atomic E-state index is 0.418. The normalized spacial score (nSPS) is 11.6. The average Bonchev–Trinajstić information content (AvgIpc) is 3.06. The Morgan fingerprint density at radius 3 is 2.78 bits per heavy atom. The maximum absolute atomic E-state index is 5.43. The summed E-state index contributed by atoms with van der Waals surface area (Å²) in [6, 6.07) is 14.6. The van der Waals surface area contributed by atoms with Crippen LogP contribution in [0, 0.1) is 0 Å². The molecular formula is C19H19N3O. The number of fused-ring (bicyclic) bond motifs is 1. The van der Waals surface area contributed by atoms with Crippen LogP contribution in [0.3, 0.4) is 0 Å². The topological polar surface area (TPSA) is 39.4 Å². The first-order valence-corrected chi connectivity index (χ1v) is 7.50. The van der Waals surface area contributed by atoms with Gasteiger partial charge in [-0.15, -0.1) is 0 Å². The molecule has 2 aromatic carbocycles. The SMILES string of the molecule is C=C(C)CO/N=C(\Cn1ccnc1)c1ccc2ccccc2c1. The van der Waals surface area contributed by atoms with Gasteiger partial charge in [-0.05, 0) is 29.3 Å². The maximum Gasteiger partial charge on any atom is 0.137 e. The molecule has 3 aromatic rings. The van der Waals surface area contributed by atoms with Gasteiger partial charge < -0.3 is 9.40 Å². The summed E-state index contributed by atoms with van der Waals surface area (Å²) in [5.74, 6) is 0. The Morgan fingerprint density at radius 2 is 2.04 bits per heavy atom. The maximum atomic E-state index is 5.43. The van der Waals surface area contributed by atoms with Crippen LogP contribution in [0.2, 0.25) is 0 Å². The van der Waals surface area contributed by atoms with E-state index in [0.29, 0.717) is 13.2 Å². The molecule has 1 heterocycles. The highest BCUT2D eigenvalue weighted by atomic mass is 16.6. The van der Waals surface area contributed by atoms with Gasteiger partial charge in [0.2, 0.25) is 0 Å². The summed E-state index contributed by atoms with van der Waals surface area (Å²) in [6.07, 6.45) is 5.44. The summed E-state index contributed by atoms with van der Waals surface area (Å²) in [6.45, 7) is 6.77. The second-order valence-corrected chi connectivity index (χ2v) is 5.57. The van der Waals surface area contributed by atoms with Crippen LogP contribution in [0.25, 0.3) is 10.8 Å². The number of hydrogen-bond donors (Lipinski definition) is 0. The summed E-state index contributed by atoms with van der Waals surface area (Å²) >= 11 is 0. The molecule has 116 valence electrons. The Labute approximate surface area is 135 Å². The minimum absolute atomic E-state index is 0.418. The lowest BCUT2D eigenvalue weighted by molar-refractivity contribution is 0.167. The van der Waals surface area contributed by atoms with Crippen molar-refractivity contribution in [2.45, 2.75) is 13.5 Å². The lowest BCUT2D eigenvalue weighted by Gasteiger charge is -2.09. The lowest BCUT2D eigenvalue weighted by atomic mass is 10.0. The van der Waals surface area contributed by atoms with Gasteiger partial charge in [0.25, 0.3) is 0 Å². The van der Waals surface area contributed by atoms with Crippen LogP contribution in [0.4, 0.5) is 0 Å². The summed E-state index contributed by atoms with van der Waals surface area (Å²) in [4.78, 5) is 9.51. The number of aromatic nitrogens is 2. The molecule has 0 saturated heterocycles. The number of imidazole rings is 1. The van der Waals surface area contributed by atoms with E-state index < -0.39 is 0 Å². The molecule has 0 amide bonds. The fourth-order valence-electron chi connectivity index (χ4n) is 2.32. The quantitative estimate of drug-likeness (QED) is 0.392. The monoisotopic (exact) mass is 305 g/mol. The van der Waals surface area contributed by atoms with Crippen molar-refractivity contribution in [1.29, 1.82) is 0 Å². The van der Waals surface area contributed by atoms with Crippen LogP contribution in [-0.4, -0.2) is 21.9 Å². The van der Waals surface area contributed by atoms with E-state index in [2.05, 4.69) is 47.1 Å². The van der Waals surface area contributed by atoms with Crippen LogP contribution >= 0.6 is 0 Å². The van der Waals surface area contributed by atoms with Gasteiger partial charge in [0.05, 0.1) is 12.9 Å². The molecule has 0 saturated carbocycles. The average molecular weight is 305 g/mol. The smallest absolute Gasteiger partial charge is 0.137 e. The summed E-state index contributed by atoms with van der Waals surface area (Å²) < 4.78 is 1.97. The van der Waals surface area contributed by atoms with Gasteiger partial charge in [-0.3, -0.25) is 0 Å². The van der Waals surface area contributed by atoms with Crippen molar-refractivity contribution in [3.05, 3.63) is 78.9 Å². The second-order valence-electron chi connectivity index (χ2n) is 5.57. The van der Waals surface area contributed by atoms with Crippen LogP contribution in [-0.2, 0) is 11.4 Å². The molecule has 0 aliphatic carbocycles. The largest absolute Gasteiger partial charge is 0.391 e. The minimum Gasteiger partial charge on any atom is -0.391 e. The van der Waals surface area contributed by atoms with E-state index in [4.69, 9.17) is 4.84 Å². The second kappa shape index (κ2) is 6.92. The predicted molar refractivity (Wildman–Crippen MR) is 93.5 cm³/mol. The number of benzene rings is 2. The van der Waals surface area contributed by atoms with E-state index in [1.807, 2.05) is 29.8 Å². The Kier molecular flexibility index (Phi) is 4.52. The molecule has 0 atom stereocenters. The van der Waals surface area contributed by atoms with Crippen LogP contribution in [0.1, 0.15) is 12.5 Å². The third kappa shape index (κ3) is 3.86. The number of oxime groups is 1. The zero-order valence-corrected chi connectivity index (χ0v) is 13.1. The first-order valence-electron chi connectivity index (χ1n) is 7.50. The summed E-state index contributed by atoms with van der Waals surface area (Å²) in [5, 5.41) is 6.72. The molecule has 0 bridgehead atoms. The molecule has 4 heteroatoms. The molecule has 0 fully saturated rings. The highest BCUT2D eigenvalue weighted by Gasteiger charge is 2.07. The summed E-state index contributed by atoms with van der Waals surface area (Å²) in [5.41, 5.74) is 2.84. The highest BCUT2D eigenvalue weighted by molar-refractivity contribution is 6.03. The van der Waals surface area contributed by atoms with E-state index in [-0.39, 0.29) is 0 Å². The van der Waals surface area contributed by atoms with Gasteiger partial charge in [0, 0.05) is 18.0 Å². The first kappa shape index (κ1) is 15.0. The zero-order chi connectivity index (χ0) is 16.1. The van der Waals surface area contributed by atoms with Crippen molar-refractivity contribution in [3.63, 3.8) is 0 Å². The molecule has 0 aliphatic rings. The molecule has 23 heavy (non-hydrogen) atoms. The van der Waals surface area contributed by atoms with E-state index in [1.165, 1.54) is 10.8 Å². The zero-order valence-electron chi connectivity index (χ0n) is 13.1. The number of nitrogens with zero attached hydrogens (tertiary/aromatic N) is 3. The molecule has 0 aliphatic heterocycles. The Hall–Kier alpha value is -2.88. The van der Waals surface area contributed by atoms with Crippen LogP contribution < -0.4 is 0 Å². The van der Waals surface area contributed by atoms with Crippen molar-refractivity contribution in [3.8, 4) is 0 Å². The number of rotatable bonds is 6. The molecule has 0 spiro atoms. The predicted octanol–water partition coefficient (Wildman–Crippen LogP) is 4.03. The Balaban J connectivity index is 1.92. The molecule has 0 N–H and O–H groups in total. The summed E-state index contributed by atoms with van der Waals surface area (Å²) in [7, 11) is 0. The molecule has 1 aromatic heterocycles. The van der Waals surface area contributed by atoms with Crippen molar-refractivity contribution < 1.29 is 4.84 Å². The van der Waals surface area contributed by atoms with Crippen molar-refractivity contribution in [2.75, 3.05) is 6.61 Å². The Morgan fingerprint density at radius 1 is 1.22 bits per heavy atom. The van der Waals surface area contributed by atoms with E-state index in [0.717, 1.165) is 16.8 Å². The van der Waals surface area contributed by atoms with Gasteiger partial charge in [-0.1, -0.05) is 48.1 Å². The van der Waals surface area contributed by atoms with Crippen molar-refractivity contribution in [1.82, 2.24) is 9.55 Å². The van der Waals surface area contributed by atoms with Gasteiger partial charge >= 0.3 is 0 Å². The molecule has 0 unspecified atom stereocenters. The van der Waals surface area contributed by atoms with Crippen molar-refractivity contribution >= 4 is 16.5 Å². The van der Waals surface area contributed by atoms with E-state index >= 15 is 0 Å². The first-order chi connectivity index (χ1) is 11.2. The standard InChI is InChI=1S/C19H19N3O/c1-15(2)13-23-21-19(12-22-10-9-20-14-22)18-8-7-16-5-3-4-6-17(16)11-18/h3-11,14H,1,12-13H2,2H3/b21-19+. The molecule has 3 rings (SSSR count). The van der Waals surface area contributed by atoms with E-state index in [1.54, 1.807) is 12.5 Å². The van der Waals surface area contributed by atoms with Crippen LogP contribution in [0.5, 0.6) is 0 Å². The molecular weight excluding hydrogens is 286 g/mol. The highest BCUT2D eigenvalue weighted by Crippen LogP contribution is 2.17. The fourth-order valence-corrected chi connectivity index (χ4v) is 2.32. The number of hydrogen-bond acceptors (Lipinski definition) is 3. The van der Waals surface area contributed by atoms with E-state index in [9.17, 15) is 0 Å². The van der Waals surface area contributed by atoms with Gasteiger partial charge in [-0.25, -0.2) is 4.98 Å². The van der Waals surface area contributed by atoms with Crippen LogP contribution in [0.15, 0.2) is 78.5 Å². The third-order valence-corrected chi connectivity index (χ3v) is 3.46. The lowest BCUT2D eigenvalue weighted by Crippen LogP contribution is -2.11. The van der Waals surface area contributed by atoms with Crippen molar-refractivity contribution in [2.24, 2.45) is 5.16 Å². The fraction of sp³-hybridized carbons (Fsp3) is 0.158. The third-order valence-electron chi connectivity index (χ3n) is 3.46. The molecule has 4 nitrogen and oxygen atoms in total.